The lowest BCUT2D eigenvalue weighted by atomic mass is 9.62. The largest absolute Gasteiger partial charge is 0.389 e. The molecule has 1 N–H and O–H groups in total. The number of halogens is 2. The number of rotatable bonds is 2. The normalized spacial score (nSPS) is 27.6. The summed E-state index contributed by atoms with van der Waals surface area (Å²) < 4.78 is 27.1. The highest BCUT2D eigenvalue weighted by atomic mass is 19.1. The SMILES string of the molecule is CC(C)(C)C1CCCCC1(O)Cc1cc(F)ccc1F. The van der Waals surface area contributed by atoms with Gasteiger partial charge in [-0.1, -0.05) is 33.6 Å². The van der Waals surface area contributed by atoms with Gasteiger partial charge in [0.2, 0.25) is 0 Å². The lowest BCUT2D eigenvalue weighted by Gasteiger charge is -2.47. The fourth-order valence-electron chi connectivity index (χ4n) is 3.68. The lowest BCUT2D eigenvalue weighted by Crippen LogP contribution is -2.48. The van der Waals surface area contributed by atoms with Crippen LogP contribution in [0.5, 0.6) is 0 Å². The van der Waals surface area contributed by atoms with E-state index in [1.54, 1.807) is 0 Å². The maximum Gasteiger partial charge on any atom is 0.126 e. The Labute approximate surface area is 120 Å². The maximum absolute atomic E-state index is 13.8. The summed E-state index contributed by atoms with van der Waals surface area (Å²) in [7, 11) is 0. The van der Waals surface area contributed by atoms with Crippen LogP contribution in [-0.2, 0) is 6.42 Å². The molecule has 1 nitrogen and oxygen atoms in total. The second-order valence-corrected chi connectivity index (χ2v) is 7.18. The van der Waals surface area contributed by atoms with E-state index >= 15 is 0 Å². The van der Waals surface area contributed by atoms with Crippen molar-refractivity contribution >= 4 is 0 Å². The molecule has 1 saturated carbocycles. The van der Waals surface area contributed by atoms with Crippen molar-refractivity contribution in [2.24, 2.45) is 11.3 Å². The minimum atomic E-state index is -0.939. The number of aliphatic hydroxyl groups is 1. The summed E-state index contributed by atoms with van der Waals surface area (Å²) in [6, 6.07) is 3.47. The van der Waals surface area contributed by atoms with Gasteiger partial charge in [-0.2, -0.15) is 0 Å². The first-order valence-electron chi connectivity index (χ1n) is 7.39. The molecule has 0 saturated heterocycles. The number of benzene rings is 1. The lowest BCUT2D eigenvalue weighted by molar-refractivity contribution is -0.0893. The molecule has 2 rings (SSSR count). The van der Waals surface area contributed by atoms with E-state index in [1.165, 1.54) is 6.07 Å². The van der Waals surface area contributed by atoms with E-state index in [1.807, 2.05) is 0 Å². The van der Waals surface area contributed by atoms with Gasteiger partial charge < -0.3 is 5.11 Å². The van der Waals surface area contributed by atoms with Gasteiger partial charge in [-0.25, -0.2) is 8.78 Å². The fourth-order valence-corrected chi connectivity index (χ4v) is 3.68. The molecule has 0 spiro atoms. The van der Waals surface area contributed by atoms with E-state index in [4.69, 9.17) is 0 Å². The van der Waals surface area contributed by atoms with E-state index < -0.39 is 17.2 Å². The van der Waals surface area contributed by atoms with Gasteiger partial charge in [-0.05, 0) is 47.9 Å². The Kier molecular flexibility index (Phi) is 4.19. The van der Waals surface area contributed by atoms with Crippen molar-refractivity contribution < 1.29 is 13.9 Å². The van der Waals surface area contributed by atoms with E-state index in [0.29, 0.717) is 6.42 Å². The average molecular weight is 282 g/mol. The van der Waals surface area contributed by atoms with Gasteiger partial charge in [0.1, 0.15) is 11.6 Å². The van der Waals surface area contributed by atoms with Crippen LogP contribution in [0.3, 0.4) is 0 Å². The molecule has 1 aromatic rings. The molecule has 1 fully saturated rings. The first-order valence-corrected chi connectivity index (χ1v) is 7.39. The Morgan fingerprint density at radius 3 is 2.60 bits per heavy atom. The van der Waals surface area contributed by atoms with Gasteiger partial charge in [-0.3, -0.25) is 0 Å². The molecule has 0 radical (unpaired) electrons. The molecule has 1 aromatic carbocycles. The molecule has 2 unspecified atom stereocenters. The van der Waals surface area contributed by atoms with Crippen LogP contribution in [0, 0.1) is 23.0 Å². The number of hydrogen-bond donors (Lipinski definition) is 1. The predicted molar refractivity (Wildman–Crippen MR) is 76.4 cm³/mol. The highest BCUT2D eigenvalue weighted by Gasteiger charge is 2.45. The Morgan fingerprint density at radius 2 is 1.95 bits per heavy atom. The van der Waals surface area contributed by atoms with Gasteiger partial charge in [0.25, 0.3) is 0 Å². The van der Waals surface area contributed by atoms with Crippen LogP contribution < -0.4 is 0 Å². The molecule has 2 atom stereocenters. The van der Waals surface area contributed by atoms with Crippen molar-refractivity contribution in [3.63, 3.8) is 0 Å². The smallest absolute Gasteiger partial charge is 0.126 e. The van der Waals surface area contributed by atoms with Crippen LogP contribution in [0.4, 0.5) is 8.78 Å². The Bertz CT molecular complexity index is 478. The van der Waals surface area contributed by atoms with Crippen LogP contribution in [0.1, 0.15) is 52.0 Å². The van der Waals surface area contributed by atoms with Gasteiger partial charge in [0.05, 0.1) is 5.60 Å². The summed E-state index contributed by atoms with van der Waals surface area (Å²) in [5.74, 6) is -0.780. The third kappa shape index (κ3) is 3.20. The van der Waals surface area contributed by atoms with Crippen molar-refractivity contribution in [3.05, 3.63) is 35.4 Å². The molecule has 112 valence electrons. The summed E-state index contributed by atoms with van der Waals surface area (Å²) in [4.78, 5) is 0. The third-order valence-corrected chi connectivity index (χ3v) is 4.55. The summed E-state index contributed by atoms with van der Waals surface area (Å²) in [6.07, 6.45) is 3.83. The molecule has 20 heavy (non-hydrogen) atoms. The van der Waals surface area contributed by atoms with Crippen molar-refractivity contribution in [2.45, 2.75) is 58.5 Å². The molecule has 0 aliphatic heterocycles. The molecular formula is C17H24F2O. The highest BCUT2D eigenvalue weighted by molar-refractivity contribution is 5.21. The fraction of sp³-hybridized carbons (Fsp3) is 0.647. The zero-order valence-electron chi connectivity index (χ0n) is 12.5. The van der Waals surface area contributed by atoms with Crippen LogP contribution in [0.2, 0.25) is 0 Å². The van der Waals surface area contributed by atoms with Crippen molar-refractivity contribution in [1.29, 1.82) is 0 Å². The van der Waals surface area contributed by atoms with E-state index in [-0.39, 0.29) is 23.3 Å². The van der Waals surface area contributed by atoms with Crippen molar-refractivity contribution in [1.82, 2.24) is 0 Å². The van der Waals surface area contributed by atoms with Gasteiger partial charge in [0, 0.05) is 6.42 Å². The van der Waals surface area contributed by atoms with Gasteiger partial charge >= 0.3 is 0 Å². The molecule has 0 bridgehead atoms. The topological polar surface area (TPSA) is 20.2 Å². The molecule has 3 heteroatoms. The minimum Gasteiger partial charge on any atom is -0.389 e. The quantitative estimate of drug-likeness (QED) is 0.848. The molecule has 0 amide bonds. The third-order valence-electron chi connectivity index (χ3n) is 4.55. The predicted octanol–water partition coefficient (Wildman–Crippen LogP) is 4.47. The Morgan fingerprint density at radius 1 is 1.25 bits per heavy atom. The second kappa shape index (κ2) is 5.44. The maximum atomic E-state index is 13.8. The van der Waals surface area contributed by atoms with Crippen LogP contribution in [0.15, 0.2) is 18.2 Å². The first kappa shape index (κ1) is 15.4. The molecule has 1 aliphatic rings. The van der Waals surface area contributed by atoms with Gasteiger partial charge in [0.15, 0.2) is 0 Å². The zero-order valence-corrected chi connectivity index (χ0v) is 12.5. The van der Waals surface area contributed by atoms with Crippen LogP contribution in [-0.4, -0.2) is 10.7 Å². The molecule has 0 aromatic heterocycles. The van der Waals surface area contributed by atoms with Crippen LogP contribution >= 0.6 is 0 Å². The van der Waals surface area contributed by atoms with Crippen molar-refractivity contribution in [3.8, 4) is 0 Å². The van der Waals surface area contributed by atoms with Crippen LogP contribution in [0.25, 0.3) is 0 Å². The Hall–Kier alpha value is -0.960. The molecular weight excluding hydrogens is 258 g/mol. The monoisotopic (exact) mass is 282 g/mol. The van der Waals surface area contributed by atoms with E-state index in [2.05, 4.69) is 20.8 Å². The highest BCUT2D eigenvalue weighted by Crippen LogP contribution is 2.46. The van der Waals surface area contributed by atoms with E-state index in [0.717, 1.165) is 31.4 Å². The average Bonchev–Trinajstić information content (AvgIpc) is 2.32. The standard InChI is InChI=1S/C17H24F2O/c1-16(2,3)15-6-4-5-9-17(15,20)11-12-10-13(18)7-8-14(12)19/h7-8,10,15,20H,4-6,9,11H2,1-3H3. The summed E-state index contributed by atoms with van der Waals surface area (Å²) in [6.45, 7) is 6.32. The Balaban J connectivity index is 2.30. The number of hydrogen-bond acceptors (Lipinski definition) is 1. The first-order chi connectivity index (χ1) is 9.22. The van der Waals surface area contributed by atoms with E-state index in [9.17, 15) is 13.9 Å². The van der Waals surface area contributed by atoms with Crippen molar-refractivity contribution in [2.75, 3.05) is 0 Å². The van der Waals surface area contributed by atoms with Gasteiger partial charge in [-0.15, -0.1) is 0 Å². The second-order valence-electron chi connectivity index (χ2n) is 7.18. The zero-order chi connectivity index (χ0) is 15.0. The molecule has 0 heterocycles. The minimum absolute atomic E-state index is 0.0427. The summed E-state index contributed by atoms with van der Waals surface area (Å²) in [5, 5.41) is 11.0. The molecule has 1 aliphatic carbocycles. The summed E-state index contributed by atoms with van der Waals surface area (Å²) in [5.41, 5.74) is -0.701. The summed E-state index contributed by atoms with van der Waals surface area (Å²) >= 11 is 0.